The fraction of sp³-hybridized carbons (Fsp3) is 0.308. The number of benzene rings is 1. The summed E-state index contributed by atoms with van der Waals surface area (Å²) in [6.45, 7) is 4.47. The van der Waals surface area contributed by atoms with E-state index in [1.165, 1.54) is 6.39 Å². The lowest BCUT2D eigenvalue weighted by atomic mass is 10.2. The van der Waals surface area contributed by atoms with E-state index in [9.17, 15) is 0 Å². The predicted molar refractivity (Wildman–Crippen MR) is 72.1 cm³/mol. The van der Waals surface area contributed by atoms with E-state index in [2.05, 4.69) is 28.1 Å². The van der Waals surface area contributed by atoms with Gasteiger partial charge in [-0.05, 0) is 25.5 Å². The SMILES string of the molecule is Cc1cccc2nc(C(C)Cl)n(Cc3ncon3)c12. The Morgan fingerprint density at radius 1 is 1.42 bits per heavy atom. The van der Waals surface area contributed by atoms with Crippen LogP contribution >= 0.6 is 11.6 Å². The van der Waals surface area contributed by atoms with E-state index < -0.39 is 0 Å². The van der Waals surface area contributed by atoms with Crippen LogP contribution in [0.2, 0.25) is 0 Å². The van der Waals surface area contributed by atoms with Crippen LogP contribution < -0.4 is 0 Å². The van der Waals surface area contributed by atoms with E-state index in [4.69, 9.17) is 16.1 Å². The Morgan fingerprint density at radius 2 is 2.26 bits per heavy atom. The zero-order valence-electron chi connectivity index (χ0n) is 10.7. The van der Waals surface area contributed by atoms with E-state index in [1.807, 2.05) is 23.6 Å². The van der Waals surface area contributed by atoms with E-state index in [1.54, 1.807) is 0 Å². The Balaban J connectivity index is 2.21. The first kappa shape index (κ1) is 12.2. The number of hydrogen-bond acceptors (Lipinski definition) is 4. The first-order chi connectivity index (χ1) is 9.16. The molecular weight excluding hydrogens is 264 g/mol. The summed E-state index contributed by atoms with van der Waals surface area (Å²) in [5, 5.41) is 3.67. The van der Waals surface area contributed by atoms with Gasteiger partial charge in [0.1, 0.15) is 5.82 Å². The lowest BCUT2D eigenvalue weighted by molar-refractivity contribution is 0.408. The van der Waals surface area contributed by atoms with E-state index in [0.29, 0.717) is 12.4 Å². The second-order valence-electron chi connectivity index (χ2n) is 4.46. The molecule has 0 amide bonds. The second kappa shape index (κ2) is 4.66. The van der Waals surface area contributed by atoms with Crippen LogP contribution in [0.4, 0.5) is 0 Å². The summed E-state index contributed by atoms with van der Waals surface area (Å²) < 4.78 is 6.83. The molecule has 0 aliphatic heterocycles. The molecular formula is C13H13ClN4O. The van der Waals surface area contributed by atoms with Crippen molar-refractivity contribution < 1.29 is 4.52 Å². The third kappa shape index (κ3) is 2.10. The van der Waals surface area contributed by atoms with Gasteiger partial charge >= 0.3 is 0 Å². The molecule has 5 nitrogen and oxygen atoms in total. The standard InChI is InChI=1S/C13H13ClN4O/c1-8-4-3-5-10-12(8)18(13(16-10)9(2)14)6-11-15-7-19-17-11/h3-5,7,9H,6H2,1-2H3. The third-order valence-electron chi connectivity index (χ3n) is 3.06. The summed E-state index contributed by atoms with van der Waals surface area (Å²) >= 11 is 6.22. The molecule has 1 unspecified atom stereocenters. The molecule has 0 N–H and O–H groups in total. The van der Waals surface area contributed by atoms with Crippen molar-refractivity contribution in [2.24, 2.45) is 0 Å². The molecule has 2 aromatic heterocycles. The minimum Gasteiger partial charge on any atom is -0.343 e. The highest BCUT2D eigenvalue weighted by molar-refractivity contribution is 6.20. The maximum absolute atomic E-state index is 6.22. The number of alkyl halides is 1. The highest BCUT2D eigenvalue weighted by Crippen LogP contribution is 2.27. The number of halogens is 1. The Hall–Kier alpha value is -1.88. The van der Waals surface area contributed by atoms with Crippen molar-refractivity contribution in [1.29, 1.82) is 0 Å². The molecule has 0 saturated heterocycles. The molecule has 0 aliphatic carbocycles. The molecule has 3 aromatic rings. The van der Waals surface area contributed by atoms with Gasteiger partial charge in [0, 0.05) is 0 Å². The van der Waals surface area contributed by atoms with Crippen molar-refractivity contribution in [3.63, 3.8) is 0 Å². The molecule has 0 fully saturated rings. The normalized spacial score (nSPS) is 13.0. The molecule has 98 valence electrons. The zero-order valence-corrected chi connectivity index (χ0v) is 11.4. The maximum atomic E-state index is 6.22. The highest BCUT2D eigenvalue weighted by Gasteiger charge is 2.17. The van der Waals surface area contributed by atoms with Crippen LogP contribution in [0, 0.1) is 6.92 Å². The molecule has 1 atom stereocenters. The van der Waals surface area contributed by atoms with Crippen LogP contribution in [-0.4, -0.2) is 19.7 Å². The van der Waals surface area contributed by atoms with Gasteiger partial charge in [-0.1, -0.05) is 17.3 Å². The first-order valence-electron chi connectivity index (χ1n) is 6.02. The largest absolute Gasteiger partial charge is 0.343 e. The van der Waals surface area contributed by atoms with Crippen molar-refractivity contribution in [3.8, 4) is 0 Å². The van der Waals surface area contributed by atoms with Crippen molar-refractivity contribution >= 4 is 22.6 Å². The second-order valence-corrected chi connectivity index (χ2v) is 5.12. The minimum absolute atomic E-state index is 0.182. The lowest BCUT2D eigenvalue weighted by Crippen LogP contribution is -2.07. The smallest absolute Gasteiger partial charge is 0.213 e. The number of nitrogens with zero attached hydrogens (tertiary/aromatic N) is 4. The van der Waals surface area contributed by atoms with Gasteiger partial charge in [0.15, 0.2) is 5.82 Å². The van der Waals surface area contributed by atoms with E-state index in [-0.39, 0.29) is 5.38 Å². The number of aryl methyl sites for hydroxylation is 1. The quantitative estimate of drug-likeness (QED) is 0.690. The topological polar surface area (TPSA) is 56.7 Å². The van der Waals surface area contributed by atoms with Gasteiger partial charge in [0.2, 0.25) is 6.39 Å². The number of para-hydroxylation sites is 1. The Morgan fingerprint density at radius 3 is 2.95 bits per heavy atom. The van der Waals surface area contributed by atoms with Crippen molar-refractivity contribution in [2.45, 2.75) is 25.8 Å². The first-order valence-corrected chi connectivity index (χ1v) is 6.45. The van der Waals surface area contributed by atoms with Crippen LogP contribution in [0.3, 0.4) is 0 Å². The number of hydrogen-bond donors (Lipinski definition) is 0. The van der Waals surface area contributed by atoms with Crippen LogP contribution in [-0.2, 0) is 6.54 Å². The number of aromatic nitrogens is 4. The minimum atomic E-state index is -0.182. The monoisotopic (exact) mass is 276 g/mol. The fourth-order valence-corrected chi connectivity index (χ4v) is 2.42. The van der Waals surface area contributed by atoms with E-state index in [0.717, 1.165) is 22.4 Å². The van der Waals surface area contributed by atoms with Gasteiger partial charge in [-0.2, -0.15) is 4.98 Å². The van der Waals surface area contributed by atoms with Gasteiger partial charge in [-0.15, -0.1) is 11.6 Å². The van der Waals surface area contributed by atoms with Gasteiger partial charge in [-0.3, -0.25) is 0 Å². The lowest BCUT2D eigenvalue weighted by Gasteiger charge is -2.09. The van der Waals surface area contributed by atoms with Crippen molar-refractivity contribution in [2.75, 3.05) is 0 Å². The average Bonchev–Trinajstić information content (AvgIpc) is 2.98. The molecule has 0 spiro atoms. The number of rotatable bonds is 3. The molecule has 6 heteroatoms. The molecule has 0 bridgehead atoms. The number of imidazole rings is 1. The summed E-state index contributed by atoms with van der Waals surface area (Å²) in [7, 11) is 0. The van der Waals surface area contributed by atoms with Crippen molar-refractivity contribution in [3.05, 3.63) is 41.8 Å². The Kier molecular flexibility index (Phi) is 2.98. The van der Waals surface area contributed by atoms with Crippen LogP contribution in [0.15, 0.2) is 29.1 Å². The summed E-state index contributed by atoms with van der Waals surface area (Å²) in [4.78, 5) is 8.66. The molecule has 3 rings (SSSR count). The fourth-order valence-electron chi connectivity index (χ4n) is 2.25. The summed E-state index contributed by atoms with van der Waals surface area (Å²) in [6.07, 6.45) is 1.32. The Bertz CT molecular complexity index is 703. The Labute approximate surface area is 115 Å². The van der Waals surface area contributed by atoms with Gasteiger partial charge in [0.05, 0.1) is 23.0 Å². The average molecular weight is 277 g/mol. The van der Waals surface area contributed by atoms with Crippen LogP contribution in [0.1, 0.15) is 29.5 Å². The molecule has 0 radical (unpaired) electrons. The summed E-state index contributed by atoms with van der Waals surface area (Å²) in [5.41, 5.74) is 3.15. The summed E-state index contributed by atoms with van der Waals surface area (Å²) in [6, 6.07) is 6.03. The van der Waals surface area contributed by atoms with Crippen LogP contribution in [0.25, 0.3) is 11.0 Å². The highest BCUT2D eigenvalue weighted by atomic mass is 35.5. The number of fused-ring (bicyclic) bond motifs is 1. The van der Waals surface area contributed by atoms with E-state index >= 15 is 0 Å². The van der Waals surface area contributed by atoms with Gasteiger partial charge < -0.3 is 9.09 Å². The molecule has 2 heterocycles. The maximum Gasteiger partial charge on any atom is 0.213 e. The molecule has 19 heavy (non-hydrogen) atoms. The molecule has 1 aromatic carbocycles. The molecule has 0 aliphatic rings. The zero-order chi connectivity index (χ0) is 13.4. The van der Waals surface area contributed by atoms with Gasteiger partial charge in [-0.25, -0.2) is 4.98 Å². The third-order valence-corrected chi connectivity index (χ3v) is 3.26. The summed E-state index contributed by atoms with van der Waals surface area (Å²) in [5.74, 6) is 1.43. The predicted octanol–water partition coefficient (Wildman–Crippen LogP) is 3.08. The van der Waals surface area contributed by atoms with Gasteiger partial charge in [0.25, 0.3) is 0 Å². The van der Waals surface area contributed by atoms with Crippen molar-refractivity contribution in [1.82, 2.24) is 19.7 Å². The van der Waals surface area contributed by atoms with Crippen LogP contribution in [0.5, 0.6) is 0 Å². The molecule has 0 saturated carbocycles.